The molecule has 0 bridgehead atoms. The molecular formula is C14H12ClNO3. The fraction of sp³-hybridized carbons (Fsp3) is 0.143. The Morgan fingerprint density at radius 2 is 2.05 bits per heavy atom. The fourth-order valence-electron chi connectivity index (χ4n) is 1.64. The zero-order valence-electron chi connectivity index (χ0n) is 10.3. The number of non-ortho nitro benzene ring substituents is 1. The number of halogens is 1. The zero-order valence-corrected chi connectivity index (χ0v) is 11.1. The number of nitro groups is 1. The van der Waals surface area contributed by atoms with Gasteiger partial charge < -0.3 is 4.74 Å². The highest BCUT2D eigenvalue weighted by Crippen LogP contribution is 2.26. The minimum absolute atomic E-state index is 0.0523. The summed E-state index contributed by atoms with van der Waals surface area (Å²) in [5.74, 6) is 0.577. The number of aryl methyl sites for hydroxylation is 1. The van der Waals surface area contributed by atoms with E-state index in [9.17, 15) is 10.1 Å². The molecule has 2 aromatic rings. The summed E-state index contributed by atoms with van der Waals surface area (Å²) in [5, 5.41) is 11.2. The van der Waals surface area contributed by atoms with Crippen molar-refractivity contribution in [2.75, 3.05) is 0 Å². The van der Waals surface area contributed by atoms with Gasteiger partial charge in [-0.2, -0.15) is 0 Å². The number of rotatable bonds is 4. The number of hydrogen-bond donors (Lipinski definition) is 0. The molecule has 0 atom stereocenters. The van der Waals surface area contributed by atoms with Gasteiger partial charge in [0.05, 0.1) is 9.95 Å². The van der Waals surface area contributed by atoms with Gasteiger partial charge in [0.1, 0.15) is 12.4 Å². The van der Waals surface area contributed by atoms with Crippen LogP contribution in [-0.4, -0.2) is 4.92 Å². The Hall–Kier alpha value is -2.07. The van der Waals surface area contributed by atoms with E-state index >= 15 is 0 Å². The Kier molecular flexibility index (Phi) is 4.02. The first-order valence-electron chi connectivity index (χ1n) is 5.68. The molecule has 0 saturated heterocycles. The normalized spacial score (nSPS) is 10.2. The van der Waals surface area contributed by atoms with Gasteiger partial charge in [0, 0.05) is 12.1 Å². The van der Waals surface area contributed by atoms with E-state index in [2.05, 4.69) is 0 Å². The molecule has 0 N–H and O–H groups in total. The molecule has 0 unspecified atom stereocenters. The van der Waals surface area contributed by atoms with Crippen LogP contribution in [0.25, 0.3) is 0 Å². The molecule has 0 aliphatic rings. The maximum atomic E-state index is 10.7. The highest BCUT2D eigenvalue weighted by molar-refractivity contribution is 6.32. The minimum atomic E-state index is -0.427. The second-order valence-electron chi connectivity index (χ2n) is 4.15. The third-order valence-electron chi connectivity index (χ3n) is 2.60. The summed E-state index contributed by atoms with van der Waals surface area (Å²) in [6.07, 6.45) is 0. The lowest BCUT2D eigenvalue weighted by atomic mass is 10.2. The minimum Gasteiger partial charge on any atom is -0.487 e. The molecule has 5 heteroatoms. The molecule has 0 aliphatic heterocycles. The summed E-state index contributed by atoms with van der Waals surface area (Å²) in [4.78, 5) is 10.2. The maximum Gasteiger partial charge on any atom is 0.269 e. The van der Waals surface area contributed by atoms with Crippen LogP contribution in [-0.2, 0) is 6.61 Å². The largest absolute Gasteiger partial charge is 0.487 e. The molecule has 2 aromatic carbocycles. The van der Waals surface area contributed by atoms with E-state index < -0.39 is 4.92 Å². The molecular weight excluding hydrogens is 266 g/mol. The van der Waals surface area contributed by atoms with Gasteiger partial charge in [0.15, 0.2) is 0 Å². The number of ether oxygens (including phenoxy) is 1. The van der Waals surface area contributed by atoms with Crippen molar-refractivity contribution >= 4 is 17.3 Å². The zero-order chi connectivity index (χ0) is 13.8. The van der Waals surface area contributed by atoms with Crippen molar-refractivity contribution in [3.63, 3.8) is 0 Å². The average molecular weight is 278 g/mol. The van der Waals surface area contributed by atoms with Gasteiger partial charge >= 0.3 is 0 Å². The molecule has 0 heterocycles. The van der Waals surface area contributed by atoms with Crippen LogP contribution in [0.2, 0.25) is 5.02 Å². The van der Waals surface area contributed by atoms with E-state index in [0.29, 0.717) is 10.8 Å². The molecule has 19 heavy (non-hydrogen) atoms. The first kappa shape index (κ1) is 13.4. The van der Waals surface area contributed by atoms with E-state index in [1.165, 1.54) is 12.1 Å². The number of hydrogen-bond acceptors (Lipinski definition) is 3. The van der Waals surface area contributed by atoms with Gasteiger partial charge in [-0.15, -0.1) is 0 Å². The average Bonchev–Trinajstić information content (AvgIpc) is 2.40. The summed E-state index contributed by atoms with van der Waals surface area (Å²) >= 11 is 6.01. The number of nitro benzene ring substituents is 1. The molecule has 0 aromatic heterocycles. The van der Waals surface area contributed by atoms with Crippen molar-refractivity contribution in [1.82, 2.24) is 0 Å². The van der Waals surface area contributed by atoms with E-state index in [-0.39, 0.29) is 12.3 Å². The van der Waals surface area contributed by atoms with Crippen molar-refractivity contribution < 1.29 is 9.66 Å². The first-order valence-corrected chi connectivity index (χ1v) is 6.06. The number of nitrogens with zero attached hydrogens (tertiary/aromatic N) is 1. The Bertz CT molecular complexity index is 613. The summed E-state index contributed by atoms with van der Waals surface area (Å²) < 4.78 is 5.58. The highest BCUT2D eigenvalue weighted by atomic mass is 35.5. The van der Waals surface area contributed by atoms with Crippen molar-refractivity contribution in [3.05, 3.63) is 68.7 Å². The van der Waals surface area contributed by atoms with Gasteiger partial charge in [0.2, 0.25) is 0 Å². The molecule has 0 fully saturated rings. The molecule has 0 amide bonds. The SMILES string of the molecule is Cc1ccc(Cl)c(OCc2cccc([N+](=O)[O-])c2)c1. The van der Waals surface area contributed by atoms with Crippen molar-refractivity contribution in [3.8, 4) is 5.75 Å². The fourth-order valence-corrected chi connectivity index (χ4v) is 1.81. The Morgan fingerprint density at radius 3 is 2.79 bits per heavy atom. The third-order valence-corrected chi connectivity index (χ3v) is 2.91. The van der Waals surface area contributed by atoms with Crippen molar-refractivity contribution in [1.29, 1.82) is 0 Å². The lowest BCUT2D eigenvalue weighted by Crippen LogP contribution is -1.97. The lowest BCUT2D eigenvalue weighted by Gasteiger charge is -2.08. The molecule has 4 nitrogen and oxygen atoms in total. The second-order valence-corrected chi connectivity index (χ2v) is 4.56. The highest BCUT2D eigenvalue weighted by Gasteiger charge is 2.07. The summed E-state index contributed by atoms with van der Waals surface area (Å²) in [6, 6.07) is 11.8. The number of benzene rings is 2. The summed E-state index contributed by atoms with van der Waals surface area (Å²) in [5.41, 5.74) is 1.82. The monoisotopic (exact) mass is 277 g/mol. The summed E-state index contributed by atoms with van der Waals surface area (Å²) in [7, 11) is 0. The van der Waals surface area contributed by atoms with Crippen LogP contribution >= 0.6 is 11.6 Å². The van der Waals surface area contributed by atoms with E-state index in [0.717, 1.165) is 11.1 Å². The molecule has 0 saturated carbocycles. The molecule has 2 rings (SSSR count). The Morgan fingerprint density at radius 1 is 1.26 bits per heavy atom. The smallest absolute Gasteiger partial charge is 0.269 e. The Labute approximate surface area is 115 Å². The van der Waals surface area contributed by atoms with E-state index in [1.807, 2.05) is 19.1 Å². The van der Waals surface area contributed by atoms with Crippen LogP contribution in [0.5, 0.6) is 5.75 Å². The van der Waals surface area contributed by atoms with Gasteiger partial charge in [-0.3, -0.25) is 10.1 Å². The van der Waals surface area contributed by atoms with Gasteiger partial charge in [-0.05, 0) is 30.2 Å². The topological polar surface area (TPSA) is 52.4 Å². The quantitative estimate of drug-likeness (QED) is 0.623. The summed E-state index contributed by atoms with van der Waals surface area (Å²) in [6.45, 7) is 2.18. The molecule has 0 spiro atoms. The van der Waals surface area contributed by atoms with Crippen LogP contribution in [0.4, 0.5) is 5.69 Å². The second kappa shape index (κ2) is 5.71. The van der Waals surface area contributed by atoms with Crippen LogP contribution in [0.15, 0.2) is 42.5 Å². The van der Waals surface area contributed by atoms with Gasteiger partial charge in [0.25, 0.3) is 5.69 Å². The van der Waals surface area contributed by atoms with Crippen LogP contribution < -0.4 is 4.74 Å². The maximum absolute atomic E-state index is 10.7. The van der Waals surface area contributed by atoms with Crippen LogP contribution in [0.3, 0.4) is 0 Å². The molecule has 0 aliphatic carbocycles. The van der Waals surface area contributed by atoms with Crippen molar-refractivity contribution in [2.45, 2.75) is 13.5 Å². The predicted octanol–water partition coefficient (Wildman–Crippen LogP) is 4.14. The third kappa shape index (κ3) is 3.45. The van der Waals surface area contributed by atoms with Gasteiger partial charge in [-0.1, -0.05) is 29.8 Å². The van der Waals surface area contributed by atoms with Gasteiger partial charge in [-0.25, -0.2) is 0 Å². The lowest BCUT2D eigenvalue weighted by molar-refractivity contribution is -0.384. The standard InChI is InChI=1S/C14H12ClNO3/c1-10-5-6-13(15)14(7-10)19-9-11-3-2-4-12(8-11)16(17)18/h2-8H,9H2,1H3. The van der Waals surface area contributed by atoms with Crippen LogP contribution in [0, 0.1) is 17.0 Å². The van der Waals surface area contributed by atoms with E-state index in [1.54, 1.807) is 18.2 Å². The van der Waals surface area contributed by atoms with Crippen LogP contribution in [0.1, 0.15) is 11.1 Å². The van der Waals surface area contributed by atoms with E-state index in [4.69, 9.17) is 16.3 Å². The molecule has 0 radical (unpaired) electrons. The van der Waals surface area contributed by atoms with Crippen molar-refractivity contribution in [2.24, 2.45) is 0 Å². The Balaban J connectivity index is 2.12. The first-order chi connectivity index (χ1) is 9.06. The predicted molar refractivity (Wildman–Crippen MR) is 73.6 cm³/mol. The molecule has 98 valence electrons.